The zero-order chi connectivity index (χ0) is 14.3. The number of anilines is 2. The first kappa shape index (κ1) is 15.5. The molecule has 0 unspecified atom stereocenters. The van der Waals surface area contributed by atoms with E-state index in [1.54, 1.807) is 11.9 Å². The SMILES string of the molecule is C=CCCCN(C)C(=O)c1sc(NCCC)nc1N. The van der Waals surface area contributed by atoms with Gasteiger partial charge >= 0.3 is 0 Å². The Labute approximate surface area is 118 Å². The van der Waals surface area contributed by atoms with Crippen LogP contribution < -0.4 is 11.1 Å². The number of nitrogen functional groups attached to an aromatic ring is 1. The monoisotopic (exact) mass is 282 g/mol. The summed E-state index contributed by atoms with van der Waals surface area (Å²) < 4.78 is 0. The summed E-state index contributed by atoms with van der Waals surface area (Å²) in [6.45, 7) is 7.26. The van der Waals surface area contributed by atoms with Crippen LogP contribution in [0.3, 0.4) is 0 Å². The second-order valence-corrected chi connectivity index (χ2v) is 5.32. The maximum atomic E-state index is 12.2. The highest BCUT2D eigenvalue weighted by atomic mass is 32.1. The Hall–Kier alpha value is -1.56. The molecule has 1 aromatic rings. The van der Waals surface area contributed by atoms with E-state index in [4.69, 9.17) is 5.73 Å². The van der Waals surface area contributed by atoms with Gasteiger partial charge in [-0.15, -0.1) is 6.58 Å². The predicted molar refractivity (Wildman–Crippen MR) is 81.7 cm³/mol. The minimum atomic E-state index is -0.0661. The molecule has 0 saturated heterocycles. The van der Waals surface area contributed by atoms with E-state index in [9.17, 15) is 4.79 Å². The molecule has 5 nitrogen and oxygen atoms in total. The fraction of sp³-hybridized carbons (Fsp3) is 0.538. The van der Waals surface area contributed by atoms with Gasteiger partial charge in [-0.25, -0.2) is 4.98 Å². The zero-order valence-corrected chi connectivity index (χ0v) is 12.4. The van der Waals surface area contributed by atoms with Crippen LogP contribution in [0.5, 0.6) is 0 Å². The third-order valence-corrected chi connectivity index (χ3v) is 3.64. The van der Waals surface area contributed by atoms with Gasteiger partial charge in [-0.2, -0.15) is 0 Å². The van der Waals surface area contributed by atoms with Crippen LogP contribution in [0.2, 0.25) is 0 Å². The molecule has 1 aromatic heterocycles. The molecule has 19 heavy (non-hydrogen) atoms. The largest absolute Gasteiger partial charge is 0.382 e. The Morgan fingerprint density at radius 3 is 3.00 bits per heavy atom. The van der Waals surface area contributed by atoms with Crippen molar-refractivity contribution in [2.75, 3.05) is 31.2 Å². The van der Waals surface area contributed by atoms with Crippen molar-refractivity contribution in [2.24, 2.45) is 0 Å². The topological polar surface area (TPSA) is 71.2 Å². The van der Waals surface area contributed by atoms with Crippen LogP contribution in [-0.4, -0.2) is 35.9 Å². The molecule has 0 radical (unpaired) electrons. The molecule has 0 aliphatic rings. The number of carbonyl (C=O) groups excluding carboxylic acids is 1. The number of allylic oxidation sites excluding steroid dienone is 1. The maximum Gasteiger partial charge on any atom is 0.267 e. The summed E-state index contributed by atoms with van der Waals surface area (Å²) >= 11 is 1.32. The van der Waals surface area contributed by atoms with E-state index < -0.39 is 0 Å². The number of rotatable bonds is 8. The van der Waals surface area contributed by atoms with E-state index in [0.29, 0.717) is 22.4 Å². The van der Waals surface area contributed by atoms with Gasteiger partial charge in [0.25, 0.3) is 5.91 Å². The Balaban J connectivity index is 2.64. The highest BCUT2D eigenvalue weighted by molar-refractivity contribution is 7.18. The number of aromatic nitrogens is 1. The van der Waals surface area contributed by atoms with Gasteiger partial charge in [0.1, 0.15) is 10.7 Å². The summed E-state index contributed by atoms with van der Waals surface area (Å²) in [5.41, 5.74) is 5.80. The minimum Gasteiger partial charge on any atom is -0.382 e. The van der Waals surface area contributed by atoms with Crippen molar-refractivity contribution in [3.05, 3.63) is 17.5 Å². The standard InChI is InChI=1S/C13H22N4OS/c1-4-6-7-9-17(3)12(18)10-11(14)16-13(19-10)15-8-5-2/h4H,1,5-9,14H2,2-3H3,(H,15,16). The highest BCUT2D eigenvalue weighted by Crippen LogP contribution is 2.26. The molecule has 3 N–H and O–H groups in total. The molecule has 1 rings (SSSR count). The summed E-state index contributed by atoms with van der Waals surface area (Å²) in [6, 6.07) is 0. The first-order chi connectivity index (χ1) is 9.10. The third kappa shape index (κ3) is 4.55. The lowest BCUT2D eigenvalue weighted by atomic mass is 10.3. The fourth-order valence-electron chi connectivity index (χ4n) is 1.54. The van der Waals surface area contributed by atoms with Crippen molar-refractivity contribution in [3.8, 4) is 0 Å². The van der Waals surface area contributed by atoms with Gasteiger partial charge in [-0.3, -0.25) is 4.79 Å². The molecule has 0 bridgehead atoms. The minimum absolute atomic E-state index is 0.0661. The summed E-state index contributed by atoms with van der Waals surface area (Å²) in [5, 5.41) is 3.86. The van der Waals surface area contributed by atoms with Crippen LogP contribution in [-0.2, 0) is 0 Å². The second-order valence-electron chi connectivity index (χ2n) is 4.32. The Bertz CT molecular complexity index is 430. The predicted octanol–water partition coefficient (Wildman–Crippen LogP) is 2.59. The van der Waals surface area contributed by atoms with E-state index in [-0.39, 0.29) is 5.91 Å². The number of unbranched alkanes of at least 4 members (excludes halogenated alkanes) is 1. The van der Waals surface area contributed by atoms with Crippen LogP contribution in [0.4, 0.5) is 10.9 Å². The molecule has 0 fully saturated rings. The number of nitrogens with two attached hydrogens (primary N) is 1. The molecule has 106 valence electrons. The molecule has 0 aliphatic carbocycles. The molecule has 0 aliphatic heterocycles. The van der Waals surface area contributed by atoms with Crippen LogP contribution in [0.25, 0.3) is 0 Å². The quantitative estimate of drug-likeness (QED) is 0.568. The number of carbonyl (C=O) groups is 1. The van der Waals surface area contributed by atoms with Gasteiger partial charge in [0.05, 0.1) is 0 Å². The molecule has 0 aromatic carbocycles. The first-order valence-corrected chi connectivity index (χ1v) is 7.28. The van der Waals surface area contributed by atoms with Gasteiger partial charge in [0.2, 0.25) is 0 Å². The Kier molecular flexibility index (Phi) is 6.35. The van der Waals surface area contributed by atoms with E-state index in [1.165, 1.54) is 11.3 Å². The Morgan fingerprint density at radius 2 is 2.37 bits per heavy atom. The maximum absolute atomic E-state index is 12.2. The van der Waals surface area contributed by atoms with Crippen molar-refractivity contribution in [3.63, 3.8) is 0 Å². The van der Waals surface area contributed by atoms with Crippen molar-refractivity contribution in [1.82, 2.24) is 9.88 Å². The first-order valence-electron chi connectivity index (χ1n) is 6.46. The fourth-order valence-corrected chi connectivity index (χ4v) is 2.45. The molecule has 0 saturated carbocycles. The molecule has 0 spiro atoms. The normalized spacial score (nSPS) is 10.2. The highest BCUT2D eigenvalue weighted by Gasteiger charge is 2.19. The zero-order valence-electron chi connectivity index (χ0n) is 11.6. The van der Waals surface area contributed by atoms with Crippen molar-refractivity contribution in [2.45, 2.75) is 26.2 Å². The molecule has 1 amide bonds. The number of nitrogens with one attached hydrogen (secondary N) is 1. The van der Waals surface area contributed by atoms with E-state index in [1.807, 2.05) is 6.08 Å². The van der Waals surface area contributed by atoms with E-state index in [0.717, 1.165) is 25.8 Å². The summed E-state index contributed by atoms with van der Waals surface area (Å²) in [4.78, 5) is 18.6. The molecule has 0 atom stereocenters. The van der Waals surface area contributed by atoms with Crippen LogP contribution in [0.15, 0.2) is 12.7 Å². The Morgan fingerprint density at radius 1 is 1.63 bits per heavy atom. The molecule has 1 heterocycles. The van der Waals surface area contributed by atoms with Crippen molar-refractivity contribution in [1.29, 1.82) is 0 Å². The lowest BCUT2D eigenvalue weighted by Crippen LogP contribution is -2.27. The average Bonchev–Trinajstić information content (AvgIpc) is 2.76. The van der Waals surface area contributed by atoms with Crippen molar-refractivity contribution >= 4 is 28.2 Å². The van der Waals surface area contributed by atoms with Crippen molar-refractivity contribution < 1.29 is 4.79 Å². The number of thiazole rings is 1. The number of hydrogen-bond donors (Lipinski definition) is 2. The van der Waals surface area contributed by atoms with Gasteiger partial charge in [-0.05, 0) is 19.3 Å². The lowest BCUT2D eigenvalue weighted by molar-refractivity contribution is 0.0799. The van der Waals surface area contributed by atoms with Crippen LogP contribution in [0, 0.1) is 0 Å². The third-order valence-electron chi connectivity index (χ3n) is 2.62. The summed E-state index contributed by atoms with van der Waals surface area (Å²) in [5.74, 6) is 0.243. The van der Waals surface area contributed by atoms with Gasteiger partial charge in [0.15, 0.2) is 5.13 Å². The number of hydrogen-bond acceptors (Lipinski definition) is 5. The summed E-state index contributed by atoms with van der Waals surface area (Å²) in [6.07, 6.45) is 4.67. The van der Waals surface area contributed by atoms with E-state index >= 15 is 0 Å². The molecule has 6 heteroatoms. The average molecular weight is 282 g/mol. The number of nitrogens with zero attached hydrogens (tertiary/aromatic N) is 2. The van der Waals surface area contributed by atoms with Gasteiger partial charge in [-0.1, -0.05) is 24.3 Å². The van der Waals surface area contributed by atoms with Gasteiger partial charge < -0.3 is 16.0 Å². The smallest absolute Gasteiger partial charge is 0.267 e. The second kappa shape index (κ2) is 7.78. The number of amides is 1. The van der Waals surface area contributed by atoms with Crippen LogP contribution >= 0.6 is 11.3 Å². The molecular formula is C13H22N4OS. The van der Waals surface area contributed by atoms with Crippen LogP contribution in [0.1, 0.15) is 35.9 Å². The van der Waals surface area contributed by atoms with Gasteiger partial charge in [0, 0.05) is 20.1 Å². The summed E-state index contributed by atoms with van der Waals surface area (Å²) in [7, 11) is 1.78. The molecular weight excluding hydrogens is 260 g/mol. The lowest BCUT2D eigenvalue weighted by Gasteiger charge is -2.15. The van der Waals surface area contributed by atoms with E-state index in [2.05, 4.69) is 23.8 Å².